The number of benzene rings is 1. The number of nitrogens with zero attached hydrogens (tertiary/aromatic N) is 2. The third kappa shape index (κ3) is 3.70. The van der Waals surface area contributed by atoms with Crippen LogP contribution in [0.4, 0.5) is 0 Å². The normalized spacial score (nSPS) is 31.3. The SMILES string of the molecule is COCCn1c(SC(C)C(=O)NC23CC4CC(CC(C4)C2)C3)nc2ccccc21. The van der Waals surface area contributed by atoms with Crippen molar-refractivity contribution in [1.82, 2.24) is 14.9 Å². The summed E-state index contributed by atoms with van der Waals surface area (Å²) in [5, 5.41) is 4.25. The van der Waals surface area contributed by atoms with E-state index in [-0.39, 0.29) is 16.7 Å². The molecule has 0 saturated heterocycles. The van der Waals surface area contributed by atoms with Crippen LogP contribution in [0.15, 0.2) is 29.4 Å². The fraction of sp³-hybridized carbons (Fsp3) is 0.652. The fourth-order valence-electron chi connectivity index (χ4n) is 6.38. The van der Waals surface area contributed by atoms with Crippen molar-refractivity contribution >= 4 is 28.7 Å². The van der Waals surface area contributed by atoms with Gasteiger partial charge in [0, 0.05) is 19.2 Å². The third-order valence-corrected chi connectivity index (χ3v) is 8.31. The minimum absolute atomic E-state index is 0.0663. The Hall–Kier alpha value is -1.53. The summed E-state index contributed by atoms with van der Waals surface area (Å²) in [6.45, 7) is 3.38. The van der Waals surface area contributed by atoms with Crippen LogP contribution in [0.2, 0.25) is 0 Å². The number of fused-ring (bicyclic) bond motifs is 1. The molecule has 1 aromatic carbocycles. The molecule has 1 unspecified atom stereocenters. The molecule has 0 aliphatic heterocycles. The molecule has 4 bridgehead atoms. The van der Waals surface area contributed by atoms with Crippen molar-refractivity contribution in [2.75, 3.05) is 13.7 Å². The molecule has 0 radical (unpaired) electrons. The van der Waals surface area contributed by atoms with Crippen molar-refractivity contribution in [3.8, 4) is 0 Å². The summed E-state index contributed by atoms with van der Waals surface area (Å²) in [7, 11) is 1.72. The third-order valence-electron chi connectivity index (χ3n) is 7.22. The van der Waals surface area contributed by atoms with Crippen molar-refractivity contribution < 1.29 is 9.53 Å². The molecular weight excluding hydrogens is 382 g/mol. The lowest BCUT2D eigenvalue weighted by molar-refractivity contribution is -0.126. The summed E-state index contributed by atoms with van der Waals surface area (Å²) in [5.41, 5.74) is 2.14. The first-order valence-electron chi connectivity index (χ1n) is 11.0. The topological polar surface area (TPSA) is 56.1 Å². The van der Waals surface area contributed by atoms with Crippen LogP contribution in [0.25, 0.3) is 11.0 Å². The summed E-state index contributed by atoms with van der Waals surface area (Å²) >= 11 is 1.57. The first kappa shape index (κ1) is 19.4. The predicted octanol–water partition coefficient (Wildman–Crippen LogP) is 4.25. The van der Waals surface area contributed by atoms with E-state index in [2.05, 4.69) is 16.0 Å². The Bertz CT molecular complexity index is 873. The minimum Gasteiger partial charge on any atom is -0.383 e. The number of ether oxygens (including phenoxy) is 1. The summed E-state index contributed by atoms with van der Waals surface area (Å²) in [5.74, 6) is 2.68. The molecule has 1 N–H and O–H groups in total. The summed E-state index contributed by atoms with van der Waals surface area (Å²) in [6, 6.07) is 8.16. The minimum atomic E-state index is -0.166. The van der Waals surface area contributed by atoms with Gasteiger partial charge in [-0.15, -0.1) is 0 Å². The average molecular weight is 414 g/mol. The second-order valence-electron chi connectivity index (χ2n) is 9.47. The Morgan fingerprint density at radius 2 is 1.90 bits per heavy atom. The molecule has 1 aromatic heterocycles. The lowest BCUT2D eigenvalue weighted by atomic mass is 9.53. The van der Waals surface area contributed by atoms with Crippen molar-refractivity contribution in [2.45, 2.75) is 67.9 Å². The van der Waals surface area contributed by atoms with Gasteiger partial charge in [0.1, 0.15) is 0 Å². The molecule has 6 rings (SSSR count). The van der Waals surface area contributed by atoms with Crippen LogP contribution in [0.1, 0.15) is 45.4 Å². The Labute approximate surface area is 177 Å². The summed E-state index contributed by atoms with van der Waals surface area (Å²) in [6.07, 6.45) is 7.74. The Morgan fingerprint density at radius 3 is 2.55 bits per heavy atom. The molecule has 4 aliphatic carbocycles. The van der Waals surface area contributed by atoms with Gasteiger partial charge in [-0.25, -0.2) is 4.98 Å². The number of para-hydroxylation sites is 2. The highest BCUT2D eigenvalue weighted by Gasteiger charge is 2.51. The molecule has 156 valence electrons. The van der Waals surface area contributed by atoms with Crippen molar-refractivity contribution in [1.29, 1.82) is 0 Å². The molecule has 1 amide bonds. The fourth-order valence-corrected chi connectivity index (χ4v) is 7.33. The lowest BCUT2D eigenvalue weighted by Crippen LogP contribution is -2.60. The number of thioether (sulfide) groups is 1. The van der Waals surface area contributed by atoms with Crippen LogP contribution in [-0.4, -0.2) is 40.0 Å². The van der Waals surface area contributed by atoms with Crippen LogP contribution in [0, 0.1) is 17.8 Å². The zero-order chi connectivity index (χ0) is 20.0. The average Bonchev–Trinajstić information content (AvgIpc) is 3.01. The van der Waals surface area contributed by atoms with E-state index in [0.29, 0.717) is 6.61 Å². The number of imidazole rings is 1. The van der Waals surface area contributed by atoms with E-state index in [0.717, 1.165) is 40.5 Å². The lowest BCUT2D eigenvalue weighted by Gasteiger charge is -2.57. The highest BCUT2D eigenvalue weighted by atomic mass is 32.2. The maximum atomic E-state index is 13.2. The van der Waals surface area contributed by atoms with Gasteiger partial charge in [-0.2, -0.15) is 0 Å². The van der Waals surface area contributed by atoms with Gasteiger partial charge in [-0.3, -0.25) is 4.79 Å². The maximum Gasteiger partial charge on any atom is 0.233 e. The Morgan fingerprint density at radius 1 is 1.24 bits per heavy atom. The quantitative estimate of drug-likeness (QED) is 0.690. The van der Waals surface area contributed by atoms with Crippen LogP contribution in [0.5, 0.6) is 0 Å². The second-order valence-corrected chi connectivity index (χ2v) is 10.8. The van der Waals surface area contributed by atoms with Gasteiger partial charge in [-0.05, 0) is 75.3 Å². The molecule has 0 spiro atoms. The van der Waals surface area contributed by atoms with Gasteiger partial charge in [0.05, 0.1) is 22.9 Å². The van der Waals surface area contributed by atoms with Gasteiger partial charge in [0.2, 0.25) is 5.91 Å². The Balaban J connectivity index is 1.31. The van der Waals surface area contributed by atoms with Gasteiger partial charge in [-0.1, -0.05) is 23.9 Å². The van der Waals surface area contributed by atoms with Crippen molar-refractivity contribution in [3.63, 3.8) is 0 Å². The summed E-state index contributed by atoms with van der Waals surface area (Å²) < 4.78 is 7.47. The molecule has 1 heterocycles. The summed E-state index contributed by atoms with van der Waals surface area (Å²) in [4.78, 5) is 18.0. The molecule has 29 heavy (non-hydrogen) atoms. The molecule has 5 nitrogen and oxygen atoms in total. The molecule has 4 aliphatic rings. The maximum absolute atomic E-state index is 13.2. The number of carbonyl (C=O) groups is 1. The second kappa shape index (κ2) is 7.62. The number of carbonyl (C=O) groups excluding carboxylic acids is 1. The van der Waals surface area contributed by atoms with E-state index < -0.39 is 0 Å². The molecule has 1 atom stereocenters. The van der Waals surface area contributed by atoms with E-state index in [1.54, 1.807) is 18.9 Å². The number of hydrogen-bond donors (Lipinski definition) is 1. The smallest absolute Gasteiger partial charge is 0.233 e. The largest absolute Gasteiger partial charge is 0.383 e. The monoisotopic (exact) mass is 413 g/mol. The number of hydrogen-bond acceptors (Lipinski definition) is 4. The van der Waals surface area contributed by atoms with Crippen molar-refractivity contribution in [2.24, 2.45) is 17.8 Å². The number of methoxy groups -OCH3 is 1. The zero-order valence-electron chi connectivity index (χ0n) is 17.4. The van der Waals surface area contributed by atoms with Crippen LogP contribution >= 0.6 is 11.8 Å². The van der Waals surface area contributed by atoms with Crippen LogP contribution < -0.4 is 5.32 Å². The Kier molecular flexibility index (Phi) is 5.11. The van der Waals surface area contributed by atoms with Gasteiger partial charge >= 0.3 is 0 Å². The van der Waals surface area contributed by atoms with Gasteiger partial charge < -0.3 is 14.6 Å². The first-order chi connectivity index (χ1) is 14.0. The van der Waals surface area contributed by atoms with Crippen LogP contribution in [0.3, 0.4) is 0 Å². The van der Waals surface area contributed by atoms with E-state index >= 15 is 0 Å². The first-order valence-corrected chi connectivity index (χ1v) is 11.9. The zero-order valence-corrected chi connectivity index (χ0v) is 18.2. The molecular formula is C23H31N3O2S. The van der Waals surface area contributed by atoms with E-state index in [1.165, 1.54) is 38.5 Å². The number of rotatable bonds is 7. The predicted molar refractivity (Wildman–Crippen MR) is 116 cm³/mol. The van der Waals surface area contributed by atoms with Gasteiger partial charge in [0.15, 0.2) is 5.16 Å². The highest BCUT2D eigenvalue weighted by Crippen LogP contribution is 2.55. The van der Waals surface area contributed by atoms with Crippen LogP contribution in [-0.2, 0) is 16.1 Å². The number of aromatic nitrogens is 2. The molecule has 2 aromatic rings. The van der Waals surface area contributed by atoms with E-state index in [4.69, 9.17) is 9.72 Å². The molecule has 4 saturated carbocycles. The standard InChI is InChI=1S/C23H31N3O2S/c1-15(21(27)25-23-12-16-9-17(13-23)11-18(10-16)14-23)29-22-24-19-5-3-4-6-20(19)26(22)7-8-28-2/h3-6,15-18H,7-14H2,1-2H3,(H,25,27). The molecule has 6 heteroatoms. The number of nitrogens with one attached hydrogen (secondary N) is 1. The molecule has 4 fully saturated rings. The highest BCUT2D eigenvalue weighted by molar-refractivity contribution is 8.00. The van der Waals surface area contributed by atoms with Gasteiger partial charge in [0.25, 0.3) is 0 Å². The van der Waals surface area contributed by atoms with Crippen molar-refractivity contribution in [3.05, 3.63) is 24.3 Å². The van der Waals surface area contributed by atoms with E-state index in [1.807, 2.05) is 25.1 Å². The number of amides is 1. The van der Waals surface area contributed by atoms with E-state index in [9.17, 15) is 4.79 Å².